The minimum atomic E-state index is -1.79. The van der Waals surface area contributed by atoms with Crippen molar-refractivity contribution in [3.8, 4) is 17.1 Å². The number of nitrogens with zero attached hydrogens (tertiary/aromatic N) is 4. The summed E-state index contributed by atoms with van der Waals surface area (Å²) in [4.78, 5) is 28.7. The van der Waals surface area contributed by atoms with E-state index < -0.39 is 21.6 Å². The average molecular weight is 543 g/mol. The normalized spacial score (nSPS) is 16.8. The van der Waals surface area contributed by atoms with Crippen LogP contribution in [0.1, 0.15) is 18.5 Å². The number of rotatable bonds is 7. The van der Waals surface area contributed by atoms with Crippen molar-refractivity contribution in [2.24, 2.45) is 0 Å². The Balaban J connectivity index is 1.28. The number of ether oxygens (including phenoxy) is 2. The molecule has 0 bridgehead atoms. The molecular weight excluding hydrogens is 514 g/mol. The number of anilines is 2. The minimum Gasteiger partial charge on any atom is -0.410 e. The summed E-state index contributed by atoms with van der Waals surface area (Å²) in [6, 6.07) is 23.7. The average Bonchev–Trinajstić information content (AvgIpc) is 3.81. The molecule has 10 heteroatoms. The van der Waals surface area contributed by atoms with Crippen molar-refractivity contribution in [1.29, 1.82) is 0 Å². The number of benzene rings is 2. The zero-order chi connectivity index (χ0) is 26.7. The number of pyridine rings is 1. The third-order valence-electron chi connectivity index (χ3n) is 6.84. The summed E-state index contributed by atoms with van der Waals surface area (Å²) in [7, 11) is -1.79. The lowest BCUT2D eigenvalue weighted by molar-refractivity contribution is 0.122. The SMILES string of the molecule is O=C(Nc1ccc(-c2nc(N3CCOCC3)cc(C3([SH+](=O)c4ccccn4)CC3)n2)cc1)Oc1ccccc1. The van der Waals surface area contributed by atoms with Gasteiger partial charge in [-0.05, 0) is 42.5 Å². The number of nitrogens with one attached hydrogen (secondary N) is 1. The maximum absolute atomic E-state index is 13.7. The van der Waals surface area contributed by atoms with Gasteiger partial charge in [-0.25, -0.2) is 19.7 Å². The van der Waals surface area contributed by atoms with Gasteiger partial charge < -0.3 is 14.4 Å². The second-order valence-corrected chi connectivity index (χ2v) is 11.4. The number of thiol groups is 1. The first-order chi connectivity index (χ1) is 19.1. The van der Waals surface area contributed by atoms with Gasteiger partial charge in [0.15, 0.2) is 10.6 Å². The minimum absolute atomic E-state index is 0.463. The predicted molar refractivity (Wildman–Crippen MR) is 149 cm³/mol. The largest absolute Gasteiger partial charge is 0.417 e. The van der Waals surface area contributed by atoms with Crippen molar-refractivity contribution in [2.75, 3.05) is 36.5 Å². The van der Waals surface area contributed by atoms with E-state index in [4.69, 9.17) is 19.4 Å². The maximum Gasteiger partial charge on any atom is 0.417 e. The smallest absolute Gasteiger partial charge is 0.410 e. The van der Waals surface area contributed by atoms with E-state index in [0.717, 1.165) is 43.0 Å². The first kappa shape index (κ1) is 25.1. The molecule has 1 unspecified atom stereocenters. The summed E-state index contributed by atoms with van der Waals surface area (Å²) < 4.78 is 24.0. The third-order valence-corrected chi connectivity index (χ3v) is 8.97. The molecule has 2 aliphatic rings. The lowest BCUT2D eigenvalue weighted by atomic mass is 10.1. The van der Waals surface area contributed by atoms with Crippen molar-refractivity contribution in [2.45, 2.75) is 22.6 Å². The summed E-state index contributed by atoms with van der Waals surface area (Å²) in [5.41, 5.74) is 2.15. The van der Waals surface area contributed by atoms with Gasteiger partial charge in [-0.3, -0.25) is 5.32 Å². The molecule has 2 aromatic heterocycles. The fraction of sp³-hybridized carbons (Fsp3) is 0.241. The molecule has 1 atom stereocenters. The van der Waals surface area contributed by atoms with Crippen LogP contribution >= 0.6 is 0 Å². The zero-order valence-corrected chi connectivity index (χ0v) is 22.1. The quantitative estimate of drug-likeness (QED) is 0.264. The Labute approximate surface area is 228 Å². The standard InChI is InChI=1S/C29H27N5O4S/c35-28(38-23-6-2-1-3-7-23)31-22-11-9-21(10-12-22)27-32-24(20-25(33-27)34-16-18-37-19-17-34)29(13-14-29)39(36)26-8-4-5-15-30-26/h1-12,15,20H,13-14,16-19H2,(H,31,35)/p+1. The summed E-state index contributed by atoms with van der Waals surface area (Å²) in [6.07, 6.45) is 2.67. The molecule has 1 saturated heterocycles. The van der Waals surface area contributed by atoms with Gasteiger partial charge in [0.1, 0.15) is 28.1 Å². The highest BCUT2D eigenvalue weighted by Gasteiger charge is 2.58. The van der Waals surface area contributed by atoms with E-state index >= 15 is 0 Å². The molecule has 198 valence electrons. The van der Waals surface area contributed by atoms with Gasteiger partial charge in [-0.1, -0.05) is 28.5 Å². The first-order valence-electron chi connectivity index (χ1n) is 12.9. The van der Waals surface area contributed by atoms with Crippen molar-refractivity contribution >= 4 is 28.4 Å². The molecule has 1 N–H and O–H groups in total. The monoisotopic (exact) mass is 542 g/mol. The number of aromatic nitrogens is 3. The highest BCUT2D eigenvalue weighted by atomic mass is 32.2. The van der Waals surface area contributed by atoms with Crippen LogP contribution < -0.4 is 15.0 Å². The molecular formula is C29H28N5O4S+. The highest BCUT2D eigenvalue weighted by molar-refractivity contribution is 7.86. The molecule has 0 radical (unpaired) electrons. The van der Waals surface area contributed by atoms with Gasteiger partial charge in [-0.2, -0.15) is 0 Å². The Morgan fingerprint density at radius 2 is 1.69 bits per heavy atom. The van der Waals surface area contributed by atoms with Crippen molar-refractivity contribution in [3.63, 3.8) is 0 Å². The molecule has 2 aromatic carbocycles. The van der Waals surface area contributed by atoms with Crippen LogP contribution in [0.15, 0.2) is 90.1 Å². The van der Waals surface area contributed by atoms with Gasteiger partial charge in [0.25, 0.3) is 0 Å². The van der Waals surface area contributed by atoms with Gasteiger partial charge in [-0.15, -0.1) is 0 Å². The van der Waals surface area contributed by atoms with Crippen LogP contribution in [0.3, 0.4) is 0 Å². The van der Waals surface area contributed by atoms with E-state index in [-0.39, 0.29) is 0 Å². The van der Waals surface area contributed by atoms with Crippen LogP contribution in [0.2, 0.25) is 0 Å². The Hall–Kier alpha value is -4.15. The van der Waals surface area contributed by atoms with Crippen LogP contribution in [-0.4, -0.2) is 47.3 Å². The molecule has 6 rings (SSSR count). The number of hydrogen-bond donors (Lipinski definition) is 1. The number of morpholine rings is 1. The Kier molecular flexibility index (Phi) is 7.04. The van der Waals surface area contributed by atoms with E-state index in [0.29, 0.717) is 35.5 Å². The molecule has 1 aliphatic heterocycles. The zero-order valence-electron chi connectivity index (χ0n) is 21.2. The molecule has 1 amide bonds. The van der Waals surface area contributed by atoms with E-state index in [1.165, 1.54) is 0 Å². The summed E-state index contributed by atoms with van der Waals surface area (Å²) in [6.45, 7) is 2.70. The highest BCUT2D eigenvalue weighted by Crippen LogP contribution is 2.53. The van der Waals surface area contributed by atoms with Crippen LogP contribution in [0.5, 0.6) is 5.75 Å². The third kappa shape index (κ3) is 5.52. The van der Waals surface area contributed by atoms with Crippen LogP contribution in [-0.2, 0) is 24.5 Å². The van der Waals surface area contributed by atoms with E-state index in [1.807, 2.05) is 42.5 Å². The number of carbonyl (C=O) groups is 1. The molecule has 4 aromatic rings. The predicted octanol–water partition coefficient (Wildman–Crippen LogP) is 4.73. The molecule has 3 heterocycles. The number of para-hydroxylation sites is 1. The van der Waals surface area contributed by atoms with Crippen LogP contribution in [0.4, 0.5) is 16.3 Å². The number of amides is 1. The van der Waals surface area contributed by atoms with Gasteiger partial charge in [0, 0.05) is 55.5 Å². The molecule has 0 spiro atoms. The molecule has 2 fully saturated rings. The van der Waals surface area contributed by atoms with Crippen molar-refractivity contribution < 1.29 is 18.5 Å². The molecule has 1 saturated carbocycles. The fourth-order valence-electron chi connectivity index (χ4n) is 4.57. The van der Waals surface area contributed by atoms with Gasteiger partial charge in [0.05, 0.1) is 13.2 Å². The Morgan fingerprint density at radius 1 is 0.949 bits per heavy atom. The fourth-order valence-corrected chi connectivity index (χ4v) is 6.24. The second-order valence-electron chi connectivity index (χ2n) is 9.45. The van der Waals surface area contributed by atoms with Crippen molar-refractivity contribution in [1.82, 2.24) is 15.0 Å². The van der Waals surface area contributed by atoms with Gasteiger partial charge in [0.2, 0.25) is 5.03 Å². The van der Waals surface area contributed by atoms with E-state index in [2.05, 4.69) is 15.2 Å². The van der Waals surface area contributed by atoms with E-state index in [1.54, 1.807) is 42.6 Å². The number of carbonyl (C=O) groups excluding carboxylic acids is 1. The van der Waals surface area contributed by atoms with Crippen LogP contribution in [0, 0.1) is 0 Å². The molecule has 39 heavy (non-hydrogen) atoms. The van der Waals surface area contributed by atoms with E-state index in [9.17, 15) is 9.00 Å². The lowest BCUT2D eigenvalue weighted by Gasteiger charge is -2.28. The number of hydrogen-bond acceptors (Lipinski definition) is 8. The summed E-state index contributed by atoms with van der Waals surface area (Å²) >= 11 is 0. The van der Waals surface area contributed by atoms with Crippen LogP contribution in [0.25, 0.3) is 11.4 Å². The van der Waals surface area contributed by atoms with Gasteiger partial charge >= 0.3 is 6.09 Å². The first-order valence-corrected chi connectivity index (χ1v) is 14.1. The van der Waals surface area contributed by atoms with Crippen molar-refractivity contribution in [3.05, 3.63) is 90.8 Å². The second kappa shape index (κ2) is 10.9. The maximum atomic E-state index is 13.7. The topological polar surface area (TPSA) is 107 Å². The Morgan fingerprint density at radius 3 is 2.38 bits per heavy atom. The molecule has 1 aliphatic carbocycles. The Bertz CT molecular complexity index is 1480. The molecule has 9 nitrogen and oxygen atoms in total. The summed E-state index contributed by atoms with van der Waals surface area (Å²) in [5.74, 6) is 1.80. The summed E-state index contributed by atoms with van der Waals surface area (Å²) in [5, 5.41) is 3.33. The lowest BCUT2D eigenvalue weighted by Crippen LogP contribution is -2.37.